The molecule has 1 N–H and O–H groups in total. The highest BCUT2D eigenvalue weighted by molar-refractivity contribution is 5.49. The quantitative estimate of drug-likeness (QED) is 0.846. The first-order chi connectivity index (χ1) is 10.0. The van der Waals surface area contributed by atoms with Gasteiger partial charge in [-0.15, -0.1) is 0 Å². The SMILES string of the molecule is CC(C)(C)OCCOc1ccc(N2CCCNCC2)cc1. The Labute approximate surface area is 128 Å². The average molecular weight is 292 g/mol. The van der Waals surface area contributed by atoms with Gasteiger partial charge in [0.25, 0.3) is 0 Å². The largest absolute Gasteiger partial charge is 0.491 e. The standard InChI is InChI=1S/C17H28N2O2/c1-17(2,3)21-14-13-20-16-7-5-15(6-8-16)19-11-4-9-18-10-12-19/h5-8,18H,4,9-14H2,1-3H3. The normalized spacial score (nSPS) is 16.6. The molecule has 1 aromatic rings. The minimum atomic E-state index is -0.103. The van der Waals surface area contributed by atoms with Crippen molar-refractivity contribution in [3.63, 3.8) is 0 Å². The van der Waals surface area contributed by atoms with E-state index in [-0.39, 0.29) is 5.60 Å². The Bertz CT molecular complexity index is 404. The van der Waals surface area contributed by atoms with Gasteiger partial charge in [0.2, 0.25) is 0 Å². The van der Waals surface area contributed by atoms with Crippen LogP contribution in [0.4, 0.5) is 5.69 Å². The minimum absolute atomic E-state index is 0.103. The second kappa shape index (κ2) is 7.66. The van der Waals surface area contributed by atoms with Gasteiger partial charge in [-0.25, -0.2) is 0 Å². The Hall–Kier alpha value is -1.26. The van der Waals surface area contributed by atoms with Crippen LogP contribution in [-0.4, -0.2) is 45.0 Å². The third-order valence-corrected chi connectivity index (χ3v) is 3.43. The molecule has 4 nitrogen and oxygen atoms in total. The van der Waals surface area contributed by atoms with Crippen LogP contribution >= 0.6 is 0 Å². The maximum atomic E-state index is 5.71. The predicted molar refractivity (Wildman–Crippen MR) is 87.3 cm³/mol. The van der Waals surface area contributed by atoms with Gasteiger partial charge in [-0.1, -0.05) is 0 Å². The highest BCUT2D eigenvalue weighted by Gasteiger charge is 2.10. The van der Waals surface area contributed by atoms with Crippen molar-refractivity contribution in [2.45, 2.75) is 32.8 Å². The summed E-state index contributed by atoms with van der Waals surface area (Å²) in [6.45, 7) is 11.7. The molecule has 21 heavy (non-hydrogen) atoms. The van der Waals surface area contributed by atoms with Gasteiger partial charge in [0.1, 0.15) is 12.4 Å². The molecule has 0 atom stereocenters. The van der Waals surface area contributed by atoms with E-state index in [1.54, 1.807) is 0 Å². The Morgan fingerprint density at radius 1 is 1.05 bits per heavy atom. The van der Waals surface area contributed by atoms with E-state index in [9.17, 15) is 0 Å². The van der Waals surface area contributed by atoms with E-state index < -0.39 is 0 Å². The van der Waals surface area contributed by atoms with Crippen molar-refractivity contribution in [3.05, 3.63) is 24.3 Å². The molecule has 0 aromatic heterocycles. The number of nitrogens with zero attached hydrogens (tertiary/aromatic N) is 1. The van der Waals surface area contributed by atoms with Crippen LogP contribution in [0.5, 0.6) is 5.75 Å². The number of hydrogen-bond acceptors (Lipinski definition) is 4. The molecule has 0 amide bonds. The Morgan fingerprint density at radius 2 is 1.81 bits per heavy atom. The highest BCUT2D eigenvalue weighted by Crippen LogP contribution is 2.20. The smallest absolute Gasteiger partial charge is 0.119 e. The van der Waals surface area contributed by atoms with Gasteiger partial charge in [0.05, 0.1) is 12.2 Å². The highest BCUT2D eigenvalue weighted by atomic mass is 16.5. The van der Waals surface area contributed by atoms with Crippen molar-refractivity contribution in [2.24, 2.45) is 0 Å². The van der Waals surface area contributed by atoms with Gasteiger partial charge in [0.15, 0.2) is 0 Å². The maximum Gasteiger partial charge on any atom is 0.119 e. The molecule has 0 aliphatic carbocycles. The molecular formula is C17H28N2O2. The summed E-state index contributed by atoms with van der Waals surface area (Å²) in [4.78, 5) is 2.42. The van der Waals surface area contributed by atoms with Crippen molar-refractivity contribution in [3.8, 4) is 5.75 Å². The van der Waals surface area contributed by atoms with E-state index in [2.05, 4.69) is 43.1 Å². The number of anilines is 1. The number of ether oxygens (including phenoxy) is 2. The van der Waals surface area contributed by atoms with Crippen LogP contribution in [0.1, 0.15) is 27.2 Å². The molecule has 4 heteroatoms. The average Bonchev–Trinajstić information content (AvgIpc) is 2.72. The van der Waals surface area contributed by atoms with Crippen molar-refractivity contribution < 1.29 is 9.47 Å². The second-order valence-corrected chi connectivity index (χ2v) is 6.39. The minimum Gasteiger partial charge on any atom is -0.491 e. The van der Waals surface area contributed by atoms with Crippen LogP contribution in [0.3, 0.4) is 0 Å². The zero-order valence-electron chi connectivity index (χ0n) is 13.5. The fraction of sp³-hybridized carbons (Fsp3) is 0.647. The molecule has 0 saturated carbocycles. The van der Waals surface area contributed by atoms with Crippen molar-refractivity contribution in [1.29, 1.82) is 0 Å². The summed E-state index contributed by atoms with van der Waals surface area (Å²) in [6, 6.07) is 8.38. The van der Waals surface area contributed by atoms with Crippen LogP contribution in [0.2, 0.25) is 0 Å². The van der Waals surface area contributed by atoms with Crippen LogP contribution in [0.15, 0.2) is 24.3 Å². The Kier molecular flexibility index (Phi) is 5.88. The van der Waals surface area contributed by atoms with E-state index in [1.807, 2.05) is 12.1 Å². The van der Waals surface area contributed by atoms with E-state index in [0.29, 0.717) is 13.2 Å². The van der Waals surface area contributed by atoms with Gasteiger partial charge < -0.3 is 19.7 Å². The van der Waals surface area contributed by atoms with Crippen LogP contribution < -0.4 is 15.0 Å². The number of nitrogens with one attached hydrogen (secondary N) is 1. The van der Waals surface area contributed by atoms with Crippen molar-refractivity contribution in [2.75, 3.05) is 44.3 Å². The third kappa shape index (κ3) is 5.94. The molecule has 0 radical (unpaired) electrons. The molecule has 2 rings (SSSR count). The lowest BCUT2D eigenvalue weighted by molar-refractivity contribution is -0.0163. The van der Waals surface area contributed by atoms with E-state index >= 15 is 0 Å². The lowest BCUT2D eigenvalue weighted by Crippen LogP contribution is -2.27. The molecular weight excluding hydrogens is 264 g/mol. The molecule has 1 aromatic carbocycles. The zero-order valence-corrected chi connectivity index (χ0v) is 13.5. The first-order valence-electron chi connectivity index (χ1n) is 7.87. The van der Waals surface area contributed by atoms with Crippen LogP contribution in [0, 0.1) is 0 Å². The second-order valence-electron chi connectivity index (χ2n) is 6.39. The summed E-state index contributed by atoms with van der Waals surface area (Å²) in [5.41, 5.74) is 1.17. The third-order valence-electron chi connectivity index (χ3n) is 3.43. The topological polar surface area (TPSA) is 33.7 Å². The number of hydrogen-bond donors (Lipinski definition) is 1. The maximum absolute atomic E-state index is 5.71. The van der Waals surface area contributed by atoms with Gasteiger partial charge >= 0.3 is 0 Å². The first kappa shape index (κ1) is 16.1. The summed E-state index contributed by atoms with van der Waals surface area (Å²) in [5.74, 6) is 0.907. The van der Waals surface area contributed by atoms with Gasteiger partial charge in [-0.3, -0.25) is 0 Å². The van der Waals surface area contributed by atoms with E-state index in [4.69, 9.17) is 9.47 Å². The molecule has 0 bridgehead atoms. The van der Waals surface area contributed by atoms with Gasteiger partial charge in [-0.05, 0) is 58.0 Å². The summed E-state index contributed by atoms with van der Waals surface area (Å²) in [6.07, 6.45) is 1.20. The fourth-order valence-corrected chi connectivity index (χ4v) is 2.36. The Balaban J connectivity index is 1.78. The molecule has 1 aliphatic rings. The van der Waals surface area contributed by atoms with Gasteiger partial charge in [-0.2, -0.15) is 0 Å². The lowest BCUT2D eigenvalue weighted by Gasteiger charge is -2.22. The fourth-order valence-electron chi connectivity index (χ4n) is 2.36. The summed E-state index contributed by atoms with van der Waals surface area (Å²) < 4.78 is 11.4. The molecule has 1 heterocycles. The van der Waals surface area contributed by atoms with E-state index in [0.717, 1.165) is 31.9 Å². The first-order valence-corrected chi connectivity index (χ1v) is 7.87. The Morgan fingerprint density at radius 3 is 2.52 bits per heavy atom. The molecule has 1 fully saturated rings. The molecule has 1 aliphatic heterocycles. The summed E-state index contributed by atoms with van der Waals surface area (Å²) in [5, 5.41) is 3.42. The summed E-state index contributed by atoms with van der Waals surface area (Å²) in [7, 11) is 0. The van der Waals surface area contributed by atoms with Crippen molar-refractivity contribution >= 4 is 5.69 Å². The van der Waals surface area contributed by atoms with E-state index in [1.165, 1.54) is 12.1 Å². The molecule has 0 spiro atoms. The van der Waals surface area contributed by atoms with Gasteiger partial charge in [0, 0.05) is 25.3 Å². The molecule has 1 saturated heterocycles. The van der Waals surface area contributed by atoms with Crippen LogP contribution in [-0.2, 0) is 4.74 Å². The van der Waals surface area contributed by atoms with Crippen molar-refractivity contribution in [1.82, 2.24) is 5.32 Å². The molecule has 0 unspecified atom stereocenters. The zero-order chi connectivity index (χ0) is 15.1. The lowest BCUT2D eigenvalue weighted by atomic mass is 10.2. The summed E-state index contributed by atoms with van der Waals surface area (Å²) >= 11 is 0. The predicted octanol–water partition coefficient (Wildman–Crippen LogP) is 2.68. The van der Waals surface area contributed by atoms with Crippen LogP contribution in [0.25, 0.3) is 0 Å². The molecule has 118 valence electrons. The number of benzene rings is 1. The monoisotopic (exact) mass is 292 g/mol. The number of rotatable bonds is 5.